The summed E-state index contributed by atoms with van der Waals surface area (Å²) in [5, 5.41) is 0.0880. The monoisotopic (exact) mass is 409 g/mol. The van der Waals surface area contributed by atoms with Gasteiger partial charge in [-0.15, -0.1) is 0 Å². The third-order valence-electron chi connectivity index (χ3n) is 3.87. The Morgan fingerprint density at radius 2 is 1.80 bits per heavy atom. The Hall–Kier alpha value is -0.810. The molecule has 1 fully saturated rings. The predicted molar refractivity (Wildman–Crippen MR) is 98.8 cm³/mol. The van der Waals surface area contributed by atoms with Crippen LogP contribution in [-0.4, -0.2) is 65.2 Å². The van der Waals surface area contributed by atoms with E-state index in [-0.39, 0.29) is 11.9 Å². The van der Waals surface area contributed by atoms with Gasteiger partial charge in [0.2, 0.25) is 10.0 Å². The molecule has 0 radical (unpaired) electrons. The summed E-state index contributed by atoms with van der Waals surface area (Å²) in [4.78, 5) is 0. The summed E-state index contributed by atoms with van der Waals surface area (Å²) >= 11 is 1.66. The molecule has 0 saturated carbocycles. The molecule has 0 N–H and O–H groups in total. The van der Waals surface area contributed by atoms with Crippen LogP contribution in [0.2, 0.25) is 0 Å². The summed E-state index contributed by atoms with van der Waals surface area (Å²) in [7, 11) is -5.40. The van der Waals surface area contributed by atoms with Crippen molar-refractivity contribution in [3.05, 3.63) is 29.8 Å². The minimum atomic E-state index is -3.60. The van der Waals surface area contributed by atoms with Gasteiger partial charge in [0.15, 0.2) is 0 Å². The van der Waals surface area contributed by atoms with Crippen molar-refractivity contribution in [2.45, 2.75) is 23.5 Å². The highest BCUT2D eigenvalue weighted by Crippen LogP contribution is 2.32. The molecule has 1 aromatic carbocycles. The van der Waals surface area contributed by atoms with Gasteiger partial charge in [-0.05, 0) is 24.1 Å². The number of rotatable bonds is 8. The van der Waals surface area contributed by atoms with Gasteiger partial charge in [-0.25, -0.2) is 8.42 Å². The van der Waals surface area contributed by atoms with Gasteiger partial charge in [-0.1, -0.05) is 12.1 Å². The van der Waals surface area contributed by atoms with Crippen molar-refractivity contribution in [1.82, 2.24) is 4.31 Å². The number of benzene rings is 1. The summed E-state index contributed by atoms with van der Waals surface area (Å²) < 4.78 is 57.6. The Bertz CT molecular complexity index is 776. The van der Waals surface area contributed by atoms with Crippen LogP contribution in [0.4, 0.5) is 0 Å². The van der Waals surface area contributed by atoms with E-state index in [9.17, 15) is 16.8 Å². The topological polar surface area (TPSA) is 90.0 Å². The lowest BCUT2D eigenvalue weighted by atomic mass is 10.2. The Morgan fingerprint density at radius 3 is 2.32 bits per heavy atom. The maximum absolute atomic E-state index is 12.0. The van der Waals surface area contributed by atoms with Gasteiger partial charge in [0.25, 0.3) is 10.1 Å². The maximum atomic E-state index is 12.0. The van der Waals surface area contributed by atoms with E-state index in [0.717, 1.165) is 29.6 Å². The van der Waals surface area contributed by atoms with E-state index >= 15 is 0 Å². The van der Waals surface area contributed by atoms with Gasteiger partial charge in [-0.3, -0.25) is 4.18 Å². The minimum Gasteiger partial charge on any atom is -0.497 e. The summed E-state index contributed by atoms with van der Waals surface area (Å²) in [6.45, 7) is 0.211. The number of thioether (sulfide) groups is 1. The first-order chi connectivity index (χ1) is 11.6. The van der Waals surface area contributed by atoms with E-state index < -0.39 is 26.2 Å². The van der Waals surface area contributed by atoms with Crippen molar-refractivity contribution in [2.24, 2.45) is 0 Å². The number of nitrogens with zero attached hydrogens (tertiary/aromatic N) is 1. The normalized spacial score (nSPS) is 22.2. The van der Waals surface area contributed by atoms with E-state index in [0.29, 0.717) is 13.0 Å². The van der Waals surface area contributed by atoms with E-state index in [1.807, 2.05) is 24.3 Å². The highest BCUT2D eigenvalue weighted by atomic mass is 32.2. The van der Waals surface area contributed by atoms with Gasteiger partial charge >= 0.3 is 0 Å². The van der Waals surface area contributed by atoms with Crippen molar-refractivity contribution < 1.29 is 25.8 Å². The zero-order chi connectivity index (χ0) is 18.7. The molecule has 1 aliphatic heterocycles. The molecule has 0 aliphatic carbocycles. The van der Waals surface area contributed by atoms with Gasteiger partial charge in [0.1, 0.15) is 5.75 Å². The van der Waals surface area contributed by atoms with Gasteiger partial charge < -0.3 is 4.74 Å². The molecule has 0 bridgehead atoms. The number of methoxy groups -OCH3 is 1. The van der Waals surface area contributed by atoms with Crippen molar-refractivity contribution in [2.75, 3.05) is 32.8 Å². The Balaban J connectivity index is 1.97. The van der Waals surface area contributed by atoms with E-state index in [2.05, 4.69) is 0 Å². The van der Waals surface area contributed by atoms with Crippen molar-refractivity contribution in [1.29, 1.82) is 0 Å². The maximum Gasteiger partial charge on any atom is 0.264 e. The fraction of sp³-hybridized carbons (Fsp3) is 0.600. The number of hydrogen-bond donors (Lipinski definition) is 0. The molecule has 25 heavy (non-hydrogen) atoms. The summed E-state index contributed by atoms with van der Waals surface area (Å²) in [6.07, 6.45) is 2.66. The minimum absolute atomic E-state index is 0.0880. The third kappa shape index (κ3) is 6.45. The molecular weight excluding hydrogens is 386 g/mol. The molecule has 142 valence electrons. The van der Waals surface area contributed by atoms with Crippen molar-refractivity contribution in [3.63, 3.8) is 0 Å². The highest BCUT2D eigenvalue weighted by Gasteiger charge is 2.38. The fourth-order valence-electron chi connectivity index (χ4n) is 2.66. The highest BCUT2D eigenvalue weighted by molar-refractivity contribution is 7.99. The first-order valence-corrected chi connectivity index (χ1v) is 12.4. The first kappa shape index (κ1) is 20.5. The Labute approximate surface area is 153 Å². The van der Waals surface area contributed by atoms with Crippen LogP contribution in [-0.2, 0) is 30.1 Å². The SMILES string of the molecule is COc1ccc(CS[C@@H]2C[C@@H](COS(C)(=O)=O)N(S(C)(=O)=O)C2)cc1. The standard InChI is InChI=1S/C15H23NO6S3/c1-21-14-6-4-12(5-7-14)11-23-15-8-13(10-22-25(3,19)20)16(9-15)24(2,17)18/h4-7,13,15H,8-11H2,1-3H3/t13-,15+/m0/s1. The summed E-state index contributed by atoms with van der Waals surface area (Å²) in [5.74, 6) is 1.53. The van der Waals surface area contributed by atoms with Crippen LogP contribution in [0, 0.1) is 0 Å². The molecule has 1 aliphatic rings. The number of hydrogen-bond acceptors (Lipinski definition) is 7. The summed E-state index contributed by atoms with van der Waals surface area (Å²) in [5.41, 5.74) is 1.12. The second-order valence-electron chi connectivity index (χ2n) is 5.99. The molecule has 2 rings (SSSR count). The zero-order valence-corrected chi connectivity index (χ0v) is 16.9. The van der Waals surface area contributed by atoms with E-state index in [1.54, 1.807) is 18.9 Å². The van der Waals surface area contributed by atoms with Crippen molar-refractivity contribution in [3.8, 4) is 5.75 Å². The molecule has 10 heteroatoms. The average Bonchev–Trinajstić information content (AvgIpc) is 2.94. The molecule has 2 atom stereocenters. The van der Waals surface area contributed by atoms with Crippen LogP contribution in [0.3, 0.4) is 0 Å². The number of sulfonamides is 1. The molecule has 1 heterocycles. The Morgan fingerprint density at radius 1 is 1.16 bits per heavy atom. The lowest BCUT2D eigenvalue weighted by molar-refractivity contribution is 0.239. The van der Waals surface area contributed by atoms with Crippen LogP contribution in [0.5, 0.6) is 5.75 Å². The quantitative estimate of drug-likeness (QED) is 0.598. The van der Waals surface area contributed by atoms with E-state index in [4.69, 9.17) is 8.92 Å². The molecule has 7 nitrogen and oxygen atoms in total. The van der Waals surface area contributed by atoms with Gasteiger partial charge in [-0.2, -0.15) is 24.5 Å². The van der Waals surface area contributed by atoms with Gasteiger partial charge in [0.05, 0.1) is 32.3 Å². The Kier molecular flexibility index (Phi) is 6.77. The zero-order valence-electron chi connectivity index (χ0n) is 14.4. The summed E-state index contributed by atoms with van der Waals surface area (Å²) in [6, 6.07) is 7.25. The van der Waals surface area contributed by atoms with Crippen LogP contribution in [0.15, 0.2) is 24.3 Å². The molecular formula is C15H23NO6S3. The fourth-order valence-corrected chi connectivity index (χ4v) is 5.54. The lowest BCUT2D eigenvalue weighted by Crippen LogP contribution is -2.38. The molecule has 0 spiro atoms. The molecule has 1 saturated heterocycles. The lowest BCUT2D eigenvalue weighted by Gasteiger charge is -2.21. The van der Waals surface area contributed by atoms with Crippen molar-refractivity contribution >= 4 is 31.9 Å². The molecule has 1 aromatic rings. The smallest absolute Gasteiger partial charge is 0.264 e. The molecule has 0 aromatic heterocycles. The van der Waals surface area contributed by atoms with Gasteiger partial charge in [0, 0.05) is 17.5 Å². The predicted octanol–water partition coefficient (Wildman–Crippen LogP) is 1.31. The van der Waals surface area contributed by atoms with Crippen LogP contribution in [0.1, 0.15) is 12.0 Å². The van der Waals surface area contributed by atoms with Crippen LogP contribution >= 0.6 is 11.8 Å². The van der Waals surface area contributed by atoms with E-state index in [1.165, 1.54) is 4.31 Å². The second-order valence-corrected chi connectivity index (χ2v) is 10.9. The molecule has 0 unspecified atom stereocenters. The third-order valence-corrected chi connectivity index (χ3v) is 7.05. The second kappa shape index (κ2) is 8.26. The van der Waals surface area contributed by atoms with Crippen LogP contribution < -0.4 is 4.74 Å². The molecule has 0 amide bonds. The average molecular weight is 410 g/mol. The number of ether oxygens (including phenoxy) is 1. The largest absolute Gasteiger partial charge is 0.497 e. The van der Waals surface area contributed by atoms with Crippen LogP contribution in [0.25, 0.3) is 0 Å². The first-order valence-electron chi connectivity index (χ1n) is 7.64.